The van der Waals surface area contributed by atoms with Gasteiger partial charge in [-0.1, -0.05) is 60.7 Å². The number of carbonyl (C=O) groups is 1. The molecule has 0 unspecified atom stereocenters. The molecule has 0 aliphatic heterocycles. The minimum atomic E-state index is -0.331. The Morgan fingerprint density at radius 3 is 1.90 bits per heavy atom. The van der Waals surface area contributed by atoms with E-state index in [1.807, 2.05) is 61.5 Å². The number of benzene rings is 3. The summed E-state index contributed by atoms with van der Waals surface area (Å²) in [6.07, 6.45) is 2.18. The van der Waals surface area contributed by atoms with E-state index in [4.69, 9.17) is 0 Å². The fourth-order valence-corrected chi connectivity index (χ4v) is 3.32. The van der Waals surface area contributed by atoms with E-state index in [0.29, 0.717) is 24.4 Å². The first kappa shape index (κ1) is 20.3. The summed E-state index contributed by atoms with van der Waals surface area (Å²) >= 11 is 0. The number of allylic oxidation sites excluding steroid dienone is 1. The van der Waals surface area contributed by atoms with Crippen molar-refractivity contribution in [1.29, 1.82) is 0 Å². The van der Waals surface area contributed by atoms with Gasteiger partial charge in [-0.05, 0) is 29.3 Å². The quantitative estimate of drug-likeness (QED) is 0.395. The highest BCUT2D eigenvalue weighted by Crippen LogP contribution is 2.27. The number of hydrogen-bond acceptors (Lipinski definition) is 3. The van der Waals surface area contributed by atoms with Crippen molar-refractivity contribution in [2.75, 3.05) is 19.0 Å². The molecule has 0 saturated carbocycles. The lowest BCUT2D eigenvalue weighted by Crippen LogP contribution is -2.22. The van der Waals surface area contributed by atoms with Crippen LogP contribution in [0.25, 0.3) is 5.70 Å². The third-order valence-corrected chi connectivity index (χ3v) is 4.68. The van der Waals surface area contributed by atoms with Gasteiger partial charge >= 0.3 is 0 Å². The Kier molecular flexibility index (Phi) is 6.80. The molecule has 3 aromatic carbocycles. The molecule has 0 N–H and O–H groups in total. The van der Waals surface area contributed by atoms with Crippen LogP contribution in [0.5, 0.6) is 0 Å². The minimum Gasteiger partial charge on any atom is -0.377 e. The van der Waals surface area contributed by atoms with Crippen LogP contribution in [0, 0.1) is 5.82 Å². The molecule has 0 aromatic heterocycles. The van der Waals surface area contributed by atoms with E-state index in [1.54, 1.807) is 6.07 Å². The fourth-order valence-electron chi connectivity index (χ4n) is 3.32. The number of aldehydes is 1. The molecule has 4 heteroatoms. The summed E-state index contributed by atoms with van der Waals surface area (Å²) in [6.45, 7) is 1.29. The molecule has 29 heavy (non-hydrogen) atoms. The lowest BCUT2D eigenvalue weighted by molar-refractivity contribution is -0.104. The predicted molar refractivity (Wildman–Crippen MR) is 117 cm³/mol. The molecular formula is C25H25FN2O. The largest absolute Gasteiger partial charge is 0.377 e. The Balaban J connectivity index is 2.02. The SMILES string of the molecule is CN(C)/C(=C/C=O)c1cc(F)cc(N(Cc2ccccc2)Cc2ccccc2)c1. The molecule has 0 atom stereocenters. The van der Waals surface area contributed by atoms with Gasteiger partial charge in [0, 0.05) is 50.2 Å². The normalized spacial score (nSPS) is 11.2. The maximum Gasteiger partial charge on any atom is 0.144 e. The second kappa shape index (κ2) is 9.69. The van der Waals surface area contributed by atoms with Crippen LogP contribution in [0.3, 0.4) is 0 Å². The van der Waals surface area contributed by atoms with E-state index in [9.17, 15) is 9.18 Å². The van der Waals surface area contributed by atoms with Crippen LogP contribution in [-0.4, -0.2) is 25.3 Å². The lowest BCUT2D eigenvalue weighted by Gasteiger charge is -2.27. The second-order valence-corrected chi connectivity index (χ2v) is 7.11. The van der Waals surface area contributed by atoms with Crippen LogP contribution in [0.1, 0.15) is 16.7 Å². The van der Waals surface area contributed by atoms with Gasteiger partial charge in [-0.2, -0.15) is 0 Å². The highest BCUT2D eigenvalue weighted by molar-refractivity contribution is 5.81. The van der Waals surface area contributed by atoms with Crippen molar-refractivity contribution in [3.8, 4) is 0 Å². The van der Waals surface area contributed by atoms with Crippen molar-refractivity contribution in [1.82, 2.24) is 4.90 Å². The highest BCUT2D eigenvalue weighted by atomic mass is 19.1. The molecule has 0 bridgehead atoms. The first-order valence-corrected chi connectivity index (χ1v) is 9.53. The number of anilines is 1. The smallest absolute Gasteiger partial charge is 0.144 e. The first-order chi connectivity index (χ1) is 14.1. The van der Waals surface area contributed by atoms with Crippen LogP contribution in [-0.2, 0) is 17.9 Å². The zero-order valence-electron chi connectivity index (χ0n) is 16.8. The van der Waals surface area contributed by atoms with Crippen LogP contribution >= 0.6 is 0 Å². The van der Waals surface area contributed by atoms with Crippen molar-refractivity contribution < 1.29 is 9.18 Å². The van der Waals surface area contributed by atoms with Gasteiger partial charge in [0.1, 0.15) is 12.1 Å². The maximum absolute atomic E-state index is 14.6. The molecule has 0 amide bonds. The summed E-state index contributed by atoms with van der Waals surface area (Å²) in [4.78, 5) is 15.0. The van der Waals surface area contributed by atoms with Crippen molar-refractivity contribution in [3.05, 3.63) is 107 Å². The topological polar surface area (TPSA) is 23.6 Å². The van der Waals surface area contributed by atoms with Crippen LogP contribution in [0.2, 0.25) is 0 Å². The van der Waals surface area contributed by atoms with Crippen molar-refractivity contribution in [2.45, 2.75) is 13.1 Å². The number of hydrogen-bond donors (Lipinski definition) is 0. The first-order valence-electron chi connectivity index (χ1n) is 9.53. The molecule has 0 radical (unpaired) electrons. The van der Waals surface area contributed by atoms with Crippen LogP contribution in [0.15, 0.2) is 84.9 Å². The molecule has 3 rings (SSSR count). The van der Waals surface area contributed by atoms with Gasteiger partial charge in [0.15, 0.2) is 0 Å². The van der Waals surface area contributed by atoms with Gasteiger partial charge in [0.25, 0.3) is 0 Å². The van der Waals surface area contributed by atoms with Crippen molar-refractivity contribution in [3.63, 3.8) is 0 Å². The summed E-state index contributed by atoms with van der Waals surface area (Å²) in [6, 6.07) is 25.2. The van der Waals surface area contributed by atoms with E-state index in [2.05, 4.69) is 29.2 Å². The Morgan fingerprint density at radius 1 is 0.862 bits per heavy atom. The van der Waals surface area contributed by atoms with Gasteiger partial charge in [0.2, 0.25) is 0 Å². The molecule has 0 spiro atoms. The average molecular weight is 388 g/mol. The minimum absolute atomic E-state index is 0.331. The summed E-state index contributed by atoms with van der Waals surface area (Å²) in [5, 5.41) is 0. The number of nitrogens with zero attached hydrogens (tertiary/aromatic N) is 2. The van der Waals surface area contributed by atoms with Gasteiger partial charge < -0.3 is 9.80 Å². The third-order valence-electron chi connectivity index (χ3n) is 4.68. The predicted octanol–water partition coefficient (Wildman–Crippen LogP) is 5.13. The number of carbonyl (C=O) groups excluding carboxylic acids is 1. The Bertz CT molecular complexity index is 927. The average Bonchev–Trinajstić information content (AvgIpc) is 2.72. The summed E-state index contributed by atoms with van der Waals surface area (Å²) in [7, 11) is 3.68. The Labute approximate surface area is 171 Å². The van der Waals surface area contributed by atoms with E-state index in [0.717, 1.165) is 23.1 Å². The second-order valence-electron chi connectivity index (χ2n) is 7.11. The molecule has 0 aliphatic carbocycles. The number of rotatable bonds is 8. The lowest BCUT2D eigenvalue weighted by atomic mass is 10.1. The van der Waals surface area contributed by atoms with Gasteiger partial charge in [-0.25, -0.2) is 4.39 Å². The third kappa shape index (κ3) is 5.55. The molecular weight excluding hydrogens is 363 g/mol. The molecule has 0 heterocycles. The van der Waals surface area contributed by atoms with Crippen molar-refractivity contribution >= 4 is 17.7 Å². The van der Waals surface area contributed by atoms with E-state index in [-0.39, 0.29) is 5.82 Å². The molecule has 148 valence electrons. The van der Waals surface area contributed by atoms with Crippen molar-refractivity contribution in [2.24, 2.45) is 0 Å². The van der Waals surface area contributed by atoms with Crippen LogP contribution in [0.4, 0.5) is 10.1 Å². The maximum atomic E-state index is 14.6. The van der Waals surface area contributed by atoms with Gasteiger partial charge in [0.05, 0.1) is 0 Å². The van der Waals surface area contributed by atoms with Crippen LogP contribution < -0.4 is 4.90 Å². The standard InChI is InChI=1S/C25H25FN2O/c1-27(2)25(13-14-29)22-15-23(26)17-24(16-22)28(18-20-9-5-3-6-10-20)19-21-11-7-4-8-12-21/h3-17H,18-19H2,1-2H3/b25-13+. The van der Waals surface area contributed by atoms with E-state index in [1.165, 1.54) is 12.1 Å². The van der Waals surface area contributed by atoms with E-state index >= 15 is 0 Å². The summed E-state index contributed by atoms with van der Waals surface area (Å²) < 4.78 is 14.6. The van der Waals surface area contributed by atoms with Gasteiger partial charge in [-0.15, -0.1) is 0 Å². The Hall–Kier alpha value is -3.40. The van der Waals surface area contributed by atoms with E-state index < -0.39 is 0 Å². The summed E-state index contributed by atoms with van der Waals surface area (Å²) in [5.41, 5.74) is 4.39. The molecule has 3 nitrogen and oxygen atoms in total. The highest BCUT2D eigenvalue weighted by Gasteiger charge is 2.14. The molecule has 0 fully saturated rings. The molecule has 3 aromatic rings. The number of halogens is 1. The van der Waals surface area contributed by atoms with Gasteiger partial charge in [-0.3, -0.25) is 4.79 Å². The zero-order valence-corrected chi connectivity index (χ0v) is 16.8. The zero-order chi connectivity index (χ0) is 20.6. The Morgan fingerprint density at radius 2 is 1.41 bits per heavy atom. The monoisotopic (exact) mass is 388 g/mol. The molecule has 0 saturated heterocycles. The summed E-state index contributed by atoms with van der Waals surface area (Å²) in [5.74, 6) is -0.331. The molecule has 0 aliphatic rings. The fraction of sp³-hybridized carbons (Fsp3) is 0.160.